The summed E-state index contributed by atoms with van der Waals surface area (Å²) < 4.78 is 21.7. The highest BCUT2D eigenvalue weighted by atomic mass is 19.1. The fourth-order valence-corrected chi connectivity index (χ4v) is 4.61. The molecule has 8 nitrogen and oxygen atoms in total. The van der Waals surface area contributed by atoms with Gasteiger partial charge in [-0.05, 0) is 42.3 Å². The number of nitrogens with one attached hydrogen (secondary N) is 2. The second-order valence-corrected chi connectivity index (χ2v) is 8.47. The number of imidazole rings is 1. The van der Waals surface area contributed by atoms with Gasteiger partial charge in [-0.1, -0.05) is 6.07 Å². The predicted molar refractivity (Wildman–Crippen MR) is 127 cm³/mol. The first kappa shape index (κ1) is 20.6. The second-order valence-electron chi connectivity index (χ2n) is 8.47. The number of aromatic nitrogens is 3. The Hall–Kier alpha value is -3.98. The van der Waals surface area contributed by atoms with Gasteiger partial charge in [0.25, 0.3) is 5.91 Å². The number of halogens is 1. The number of rotatable bonds is 4. The van der Waals surface area contributed by atoms with Crippen molar-refractivity contribution in [2.24, 2.45) is 0 Å². The molecule has 2 N–H and O–H groups in total. The maximum absolute atomic E-state index is 14.5. The van der Waals surface area contributed by atoms with Gasteiger partial charge in [-0.2, -0.15) is 0 Å². The molecule has 34 heavy (non-hydrogen) atoms. The zero-order valence-corrected chi connectivity index (χ0v) is 18.6. The second kappa shape index (κ2) is 8.11. The van der Waals surface area contributed by atoms with E-state index >= 15 is 0 Å². The standard InChI is InChI=1S/C25H23FN6O2/c1-15-6-7-32-20(14-28-24(32)23(15)26)17-3-4-19(22-18(17)13-29-25(22)33)30-21-5-2-16(12-27-21)31-8-10-34-11-9-31/h2-7,12,14H,8-11,13H2,1H3,(H,27,30)(H,29,33). The number of nitrogens with zero attached hydrogens (tertiary/aromatic N) is 4. The number of morpholine rings is 1. The van der Waals surface area contributed by atoms with E-state index in [1.807, 2.05) is 30.5 Å². The maximum Gasteiger partial charge on any atom is 0.254 e. The third kappa shape index (κ3) is 3.36. The van der Waals surface area contributed by atoms with E-state index in [1.54, 1.807) is 29.8 Å². The summed E-state index contributed by atoms with van der Waals surface area (Å²) in [6, 6.07) is 9.45. The lowest BCUT2D eigenvalue weighted by Gasteiger charge is -2.28. The molecular formula is C25H23FN6O2. The molecule has 3 aromatic heterocycles. The van der Waals surface area contributed by atoms with Gasteiger partial charge < -0.3 is 20.3 Å². The van der Waals surface area contributed by atoms with Crippen molar-refractivity contribution < 1.29 is 13.9 Å². The summed E-state index contributed by atoms with van der Waals surface area (Å²) >= 11 is 0. The number of benzene rings is 1. The number of pyridine rings is 2. The Balaban J connectivity index is 1.35. The summed E-state index contributed by atoms with van der Waals surface area (Å²) in [4.78, 5) is 23.8. The molecule has 9 heteroatoms. The van der Waals surface area contributed by atoms with Crippen molar-refractivity contribution in [2.75, 3.05) is 36.5 Å². The molecule has 0 saturated carbocycles. The van der Waals surface area contributed by atoms with Gasteiger partial charge in [0.05, 0.1) is 48.2 Å². The molecule has 2 aliphatic rings. The predicted octanol–water partition coefficient (Wildman–Crippen LogP) is 3.67. The van der Waals surface area contributed by atoms with E-state index in [-0.39, 0.29) is 17.4 Å². The number of anilines is 3. The molecule has 172 valence electrons. The van der Waals surface area contributed by atoms with Crippen molar-refractivity contribution in [3.05, 3.63) is 71.4 Å². The fraction of sp³-hybridized carbons (Fsp3) is 0.240. The molecule has 1 fully saturated rings. The Morgan fingerprint density at radius 2 is 1.94 bits per heavy atom. The van der Waals surface area contributed by atoms with Gasteiger partial charge >= 0.3 is 0 Å². The minimum Gasteiger partial charge on any atom is -0.378 e. The Kier molecular flexibility index (Phi) is 4.91. The Bertz CT molecular complexity index is 1410. The van der Waals surface area contributed by atoms with Crippen LogP contribution in [0.2, 0.25) is 0 Å². The van der Waals surface area contributed by atoms with Gasteiger partial charge in [-0.25, -0.2) is 14.4 Å². The normalized spacial score (nSPS) is 15.5. The average molecular weight is 458 g/mol. The first-order valence-corrected chi connectivity index (χ1v) is 11.2. The summed E-state index contributed by atoms with van der Waals surface area (Å²) in [6.07, 6.45) is 5.28. The maximum atomic E-state index is 14.5. The van der Waals surface area contributed by atoms with Crippen molar-refractivity contribution in [1.82, 2.24) is 19.7 Å². The lowest BCUT2D eigenvalue weighted by molar-refractivity contribution is 0.0966. The third-order valence-electron chi connectivity index (χ3n) is 6.44. The monoisotopic (exact) mass is 458 g/mol. The summed E-state index contributed by atoms with van der Waals surface area (Å²) in [5.74, 6) is 0.156. The molecule has 5 heterocycles. The van der Waals surface area contributed by atoms with Crippen LogP contribution in [0.3, 0.4) is 0 Å². The Morgan fingerprint density at radius 1 is 1.09 bits per heavy atom. The van der Waals surface area contributed by atoms with Gasteiger partial charge in [0.1, 0.15) is 5.82 Å². The van der Waals surface area contributed by atoms with Gasteiger partial charge in [-0.15, -0.1) is 0 Å². The van der Waals surface area contributed by atoms with Gasteiger partial charge in [0, 0.05) is 31.4 Å². The molecule has 1 saturated heterocycles. The van der Waals surface area contributed by atoms with Gasteiger partial charge in [0.15, 0.2) is 11.5 Å². The van der Waals surface area contributed by atoms with Crippen LogP contribution in [0.15, 0.2) is 48.9 Å². The van der Waals surface area contributed by atoms with Crippen LogP contribution < -0.4 is 15.5 Å². The smallest absolute Gasteiger partial charge is 0.254 e. The number of carbonyl (C=O) groups excluding carboxylic acids is 1. The number of amides is 1. The SMILES string of the molecule is Cc1ccn2c(-c3ccc(Nc4ccc(N5CCOCC5)cn4)c4c3CNC4=O)cnc2c1F. The van der Waals surface area contributed by atoms with Crippen LogP contribution in [0.1, 0.15) is 21.5 Å². The highest BCUT2D eigenvalue weighted by molar-refractivity contribution is 6.06. The van der Waals surface area contributed by atoms with E-state index in [2.05, 4.69) is 25.5 Å². The molecule has 1 amide bonds. The zero-order valence-electron chi connectivity index (χ0n) is 18.6. The third-order valence-corrected chi connectivity index (χ3v) is 6.44. The van der Waals surface area contributed by atoms with Gasteiger partial charge in [0.2, 0.25) is 0 Å². The molecule has 0 radical (unpaired) electrons. The van der Waals surface area contributed by atoms with E-state index < -0.39 is 0 Å². The molecule has 0 spiro atoms. The summed E-state index contributed by atoms with van der Waals surface area (Å²) in [5, 5.41) is 6.21. The minimum absolute atomic E-state index is 0.153. The van der Waals surface area contributed by atoms with Crippen LogP contribution in [0, 0.1) is 12.7 Å². The molecule has 4 aromatic rings. The van der Waals surface area contributed by atoms with Crippen molar-refractivity contribution in [2.45, 2.75) is 13.5 Å². The summed E-state index contributed by atoms with van der Waals surface area (Å²) in [5.41, 5.74) is 5.53. The fourth-order valence-electron chi connectivity index (χ4n) is 4.61. The van der Waals surface area contributed by atoms with Crippen LogP contribution in [0.4, 0.5) is 21.6 Å². The highest BCUT2D eigenvalue weighted by Gasteiger charge is 2.27. The average Bonchev–Trinajstić information content (AvgIpc) is 3.47. The van der Waals surface area contributed by atoms with Crippen LogP contribution in [0.25, 0.3) is 16.9 Å². The molecule has 6 rings (SSSR count). The first-order chi connectivity index (χ1) is 16.6. The number of ether oxygens (including phenoxy) is 1. The van der Waals surface area contributed by atoms with Crippen LogP contribution in [-0.4, -0.2) is 46.6 Å². The van der Waals surface area contributed by atoms with E-state index in [1.165, 1.54) is 0 Å². The molecule has 1 aromatic carbocycles. The van der Waals surface area contributed by atoms with Crippen LogP contribution in [-0.2, 0) is 11.3 Å². The highest BCUT2D eigenvalue weighted by Crippen LogP contribution is 2.35. The van der Waals surface area contributed by atoms with Crippen LogP contribution >= 0.6 is 0 Å². The largest absolute Gasteiger partial charge is 0.378 e. The van der Waals surface area contributed by atoms with Crippen molar-refractivity contribution in [3.8, 4) is 11.3 Å². The summed E-state index contributed by atoms with van der Waals surface area (Å²) in [6.45, 7) is 5.22. The topological polar surface area (TPSA) is 83.8 Å². The summed E-state index contributed by atoms with van der Waals surface area (Å²) in [7, 11) is 0. The van der Waals surface area contributed by atoms with E-state index in [9.17, 15) is 9.18 Å². The molecule has 2 aliphatic heterocycles. The van der Waals surface area contributed by atoms with Crippen LogP contribution in [0.5, 0.6) is 0 Å². The van der Waals surface area contributed by atoms with Gasteiger partial charge in [-0.3, -0.25) is 9.20 Å². The zero-order chi connectivity index (χ0) is 23.2. The lowest BCUT2D eigenvalue weighted by Crippen LogP contribution is -2.36. The van der Waals surface area contributed by atoms with E-state index in [4.69, 9.17) is 4.74 Å². The minimum atomic E-state index is -0.343. The van der Waals surface area contributed by atoms with Crippen molar-refractivity contribution >= 4 is 28.7 Å². The number of fused-ring (bicyclic) bond motifs is 2. The quantitative estimate of drug-likeness (QED) is 0.486. The molecule has 0 unspecified atom stereocenters. The molecule has 0 atom stereocenters. The lowest BCUT2D eigenvalue weighted by atomic mass is 9.99. The first-order valence-electron chi connectivity index (χ1n) is 11.2. The molecule has 0 bridgehead atoms. The number of aryl methyl sites for hydroxylation is 1. The molecule has 0 aliphatic carbocycles. The van der Waals surface area contributed by atoms with E-state index in [0.717, 1.165) is 35.6 Å². The van der Waals surface area contributed by atoms with E-state index in [0.29, 0.717) is 42.4 Å². The number of hydrogen-bond donors (Lipinski definition) is 2. The number of hydrogen-bond acceptors (Lipinski definition) is 6. The van der Waals surface area contributed by atoms with Crippen molar-refractivity contribution in [1.29, 1.82) is 0 Å². The Morgan fingerprint density at radius 3 is 2.74 bits per heavy atom. The molecular weight excluding hydrogens is 435 g/mol. The van der Waals surface area contributed by atoms with Crippen molar-refractivity contribution in [3.63, 3.8) is 0 Å². The Labute approximate surface area is 195 Å². The number of carbonyl (C=O) groups is 1.